The SMILES string of the molecule is Cc1ccc(OCC(=O)O[C@H](C)C(=O)N[C@@H]2CCCC[C@@H]2C)cc1C. The number of hydrogen-bond donors (Lipinski definition) is 1. The van der Waals surface area contributed by atoms with Crippen LogP contribution in [0.1, 0.15) is 50.7 Å². The molecule has 0 saturated heterocycles. The number of ether oxygens (including phenoxy) is 2. The van der Waals surface area contributed by atoms with Gasteiger partial charge in [-0.05, 0) is 62.8 Å². The number of carbonyl (C=O) groups excluding carboxylic acids is 2. The van der Waals surface area contributed by atoms with Crippen LogP contribution in [0.5, 0.6) is 5.75 Å². The van der Waals surface area contributed by atoms with Gasteiger partial charge in [0.2, 0.25) is 0 Å². The van der Waals surface area contributed by atoms with Crippen LogP contribution < -0.4 is 10.1 Å². The van der Waals surface area contributed by atoms with E-state index in [1.807, 2.05) is 32.0 Å². The van der Waals surface area contributed by atoms with Gasteiger partial charge >= 0.3 is 5.97 Å². The van der Waals surface area contributed by atoms with Gasteiger partial charge in [0.1, 0.15) is 5.75 Å². The zero-order valence-electron chi connectivity index (χ0n) is 15.6. The van der Waals surface area contributed by atoms with Crippen molar-refractivity contribution in [3.05, 3.63) is 29.3 Å². The summed E-state index contributed by atoms with van der Waals surface area (Å²) in [6, 6.07) is 5.81. The summed E-state index contributed by atoms with van der Waals surface area (Å²) in [4.78, 5) is 24.1. The third-order valence-corrected chi connectivity index (χ3v) is 4.95. The maximum Gasteiger partial charge on any atom is 0.344 e. The summed E-state index contributed by atoms with van der Waals surface area (Å²) >= 11 is 0. The maximum atomic E-state index is 12.2. The van der Waals surface area contributed by atoms with Gasteiger partial charge in [-0.15, -0.1) is 0 Å². The first kappa shape index (κ1) is 19.3. The summed E-state index contributed by atoms with van der Waals surface area (Å²) in [5.74, 6) is 0.303. The second-order valence-electron chi connectivity index (χ2n) is 7.04. The van der Waals surface area contributed by atoms with Crippen LogP contribution in [-0.4, -0.2) is 30.6 Å². The van der Waals surface area contributed by atoms with E-state index in [0.29, 0.717) is 11.7 Å². The van der Waals surface area contributed by atoms with Gasteiger partial charge in [0, 0.05) is 6.04 Å². The first-order valence-electron chi connectivity index (χ1n) is 9.06. The van der Waals surface area contributed by atoms with Crippen LogP contribution in [0.3, 0.4) is 0 Å². The highest BCUT2D eigenvalue weighted by Gasteiger charge is 2.26. The Bertz CT molecular complexity index is 614. The first-order valence-corrected chi connectivity index (χ1v) is 9.06. The number of hydrogen-bond acceptors (Lipinski definition) is 4. The third kappa shape index (κ3) is 5.76. The van der Waals surface area contributed by atoms with Gasteiger partial charge in [-0.25, -0.2) is 4.79 Å². The summed E-state index contributed by atoms with van der Waals surface area (Å²) in [5.41, 5.74) is 2.26. The molecule has 1 aliphatic carbocycles. The molecule has 1 amide bonds. The maximum absolute atomic E-state index is 12.2. The second kappa shape index (κ2) is 8.88. The van der Waals surface area contributed by atoms with Crippen molar-refractivity contribution in [1.29, 1.82) is 0 Å². The number of benzene rings is 1. The Morgan fingerprint density at radius 2 is 1.92 bits per heavy atom. The molecular formula is C20H29NO4. The topological polar surface area (TPSA) is 64.6 Å². The van der Waals surface area contributed by atoms with Crippen LogP contribution in [0, 0.1) is 19.8 Å². The molecule has 25 heavy (non-hydrogen) atoms. The second-order valence-corrected chi connectivity index (χ2v) is 7.04. The van der Waals surface area contributed by atoms with Gasteiger partial charge in [-0.2, -0.15) is 0 Å². The smallest absolute Gasteiger partial charge is 0.344 e. The van der Waals surface area contributed by atoms with Gasteiger partial charge in [-0.1, -0.05) is 25.8 Å². The molecule has 0 heterocycles. The van der Waals surface area contributed by atoms with E-state index in [9.17, 15) is 9.59 Å². The van der Waals surface area contributed by atoms with Crippen molar-refractivity contribution in [2.24, 2.45) is 5.92 Å². The van der Waals surface area contributed by atoms with E-state index < -0.39 is 12.1 Å². The molecule has 1 aliphatic rings. The molecule has 0 bridgehead atoms. The summed E-state index contributed by atoms with van der Waals surface area (Å²) < 4.78 is 10.6. The molecule has 1 fully saturated rings. The van der Waals surface area contributed by atoms with E-state index in [-0.39, 0.29) is 18.6 Å². The van der Waals surface area contributed by atoms with E-state index in [2.05, 4.69) is 12.2 Å². The van der Waals surface area contributed by atoms with E-state index in [0.717, 1.165) is 30.4 Å². The quantitative estimate of drug-likeness (QED) is 0.802. The molecule has 0 radical (unpaired) electrons. The average molecular weight is 347 g/mol. The van der Waals surface area contributed by atoms with Gasteiger partial charge < -0.3 is 14.8 Å². The molecule has 0 unspecified atom stereocenters. The number of aryl methyl sites for hydroxylation is 2. The third-order valence-electron chi connectivity index (χ3n) is 4.95. The molecule has 5 nitrogen and oxygen atoms in total. The molecule has 1 saturated carbocycles. The molecule has 5 heteroatoms. The van der Waals surface area contributed by atoms with Crippen molar-refractivity contribution in [2.45, 2.75) is 65.5 Å². The Morgan fingerprint density at radius 3 is 2.60 bits per heavy atom. The van der Waals surface area contributed by atoms with E-state index in [4.69, 9.17) is 9.47 Å². The largest absolute Gasteiger partial charge is 0.482 e. The molecule has 1 aromatic rings. The Morgan fingerprint density at radius 1 is 1.20 bits per heavy atom. The number of amides is 1. The monoisotopic (exact) mass is 347 g/mol. The van der Waals surface area contributed by atoms with E-state index in [1.54, 1.807) is 6.92 Å². The van der Waals surface area contributed by atoms with Crippen molar-refractivity contribution in [2.75, 3.05) is 6.61 Å². The van der Waals surface area contributed by atoms with Gasteiger partial charge in [0.15, 0.2) is 12.7 Å². The van der Waals surface area contributed by atoms with Crippen molar-refractivity contribution in [3.63, 3.8) is 0 Å². The van der Waals surface area contributed by atoms with Crippen molar-refractivity contribution < 1.29 is 19.1 Å². The lowest BCUT2D eigenvalue weighted by Crippen LogP contribution is -2.46. The van der Waals surface area contributed by atoms with Crippen molar-refractivity contribution in [1.82, 2.24) is 5.32 Å². The summed E-state index contributed by atoms with van der Waals surface area (Å²) in [6.45, 7) is 7.54. The standard InChI is InChI=1S/C20H29NO4/c1-13-9-10-17(11-15(13)3)24-12-19(22)25-16(4)20(23)21-18-8-6-5-7-14(18)2/h9-11,14,16,18H,5-8,12H2,1-4H3,(H,21,23)/t14-,16+,18+/m0/s1. The lowest BCUT2D eigenvalue weighted by atomic mass is 9.86. The number of esters is 1. The predicted octanol–water partition coefficient (Wildman–Crippen LogP) is 3.31. The van der Waals surface area contributed by atoms with Gasteiger partial charge in [0.05, 0.1) is 0 Å². The minimum Gasteiger partial charge on any atom is -0.482 e. The fourth-order valence-electron chi connectivity index (χ4n) is 3.06. The fourth-order valence-corrected chi connectivity index (χ4v) is 3.06. The molecular weight excluding hydrogens is 318 g/mol. The molecule has 0 spiro atoms. The van der Waals surface area contributed by atoms with E-state index >= 15 is 0 Å². The minimum absolute atomic E-state index is 0.175. The van der Waals surface area contributed by atoms with Crippen molar-refractivity contribution in [3.8, 4) is 5.75 Å². The van der Waals surface area contributed by atoms with Crippen molar-refractivity contribution >= 4 is 11.9 Å². The summed E-state index contributed by atoms with van der Waals surface area (Å²) in [5, 5.41) is 3.00. The molecule has 1 N–H and O–H groups in total. The summed E-state index contributed by atoms with van der Waals surface area (Å²) in [6.07, 6.45) is 3.65. The number of carbonyl (C=O) groups is 2. The average Bonchev–Trinajstić information content (AvgIpc) is 2.58. The molecule has 1 aromatic carbocycles. The Hall–Kier alpha value is -2.04. The van der Waals surface area contributed by atoms with Crippen LogP contribution >= 0.6 is 0 Å². The molecule has 0 aromatic heterocycles. The molecule has 138 valence electrons. The van der Waals surface area contributed by atoms with Crippen LogP contribution in [0.4, 0.5) is 0 Å². The number of rotatable bonds is 6. The van der Waals surface area contributed by atoms with Crippen LogP contribution in [-0.2, 0) is 14.3 Å². The van der Waals surface area contributed by atoms with Gasteiger partial charge in [0.25, 0.3) is 5.91 Å². The first-order chi connectivity index (χ1) is 11.9. The summed E-state index contributed by atoms with van der Waals surface area (Å²) in [7, 11) is 0. The van der Waals surface area contributed by atoms with Crippen LogP contribution in [0.25, 0.3) is 0 Å². The van der Waals surface area contributed by atoms with Gasteiger partial charge in [-0.3, -0.25) is 4.79 Å². The Balaban J connectivity index is 1.76. The highest BCUT2D eigenvalue weighted by Crippen LogP contribution is 2.23. The van der Waals surface area contributed by atoms with E-state index in [1.165, 1.54) is 6.42 Å². The highest BCUT2D eigenvalue weighted by molar-refractivity contribution is 5.83. The predicted molar refractivity (Wildman–Crippen MR) is 96.5 cm³/mol. The van der Waals surface area contributed by atoms with Crippen LogP contribution in [0.15, 0.2) is 18.2 Å². The normalized spacial score (nSPS) is 21.3. The molecule has 2 rings (SSSR count). The lowest BCUT2D eigenvalue weighted by Gasteiger charge is -2.30. The Kier molecular flexibility index (Phi) is 6.85. The molecule has 3 atom stereocenters. The zero-order valence-corrected chi connectivity index (χ0v) is 15.6. The van der Waals surface area contributed by atoms with Crippen LogP contribution in [0.2, 0.25) is 0 Å². The minimum atomic E-state index is -0.815. The number of nitrogens with one attached hydrogen (secondary N) is 1. The molecule has 0 aliphatic heterocycles. The zero-order chi connectivity index (χ0) is 18.4. The lowest BCUT2D eigenvalue weighted by molar-refractivity contribution is -0.157. The fraction of sp³-hybridized carbons (Fsp3) is 0.600. The Labute approximate surface area is 150 Å². The highest BCUT2D eigenvalue weighted by atomic mass is 16.6.